The summed E-state index contributed by atoms with van der Waals surface area (Å²) in [6, 6.07) is 13.7. The second-order valence-corrected chi connectivity index (χ2v) is 6.38. The highest BCUT2D eigenvalue weighted by Crippen LogP contribution is 2.23. The third-order valence-electron chi connectivity index (χ3n) is 4.46. The Morgan fingerprint density at radius 3 is 2.04 bits per heavy atom. The smallest absolute Gasteiger partial charge is 0.265 e. The molecule has 2 amide bonds. The highest BCUT2D eigenvalue weighted by molar-refractivity contribution is 7.80. The number of rotatable bonds is 4. The first-order valence-corrected chi connectivity index (χ1v) is 9.03. The van der Waals surface area contributed by atoms with Gasteiger partial charge in [0.25, 0.3) is 11.8 Å². The van der Waals surface area contributed by atoms with Crippen LogP contribution in [0.15, 0.2) is 48.0 Å². The molecule has 26 heavy (non-hydrogen) atoms. The lowest BCUT2D eigenvalue weighted by atomic mass is 10.1. The van der Waals surface area contributed by atoms with Crippen molar-refractivity contribution in [2.75, 3.05) is 13.1 Å². The zero-order valence-corrected chi connectivity index (χ0v) is 15.9. The number of benzene rings is 1. The van der Waals surface area contributed by atoms with Crippen LogP contribution in [0.4, 0.5) is 0 Å². The zero-order chi connectivity index (χ0) is 18.8. The van der Waals surface area contributed by atoms with E-state index >= 15 is 0 Å². The van der Waals surface area contributed by atoms with E-state index in [4.69, 9.17) is 12.2 Å². The first kappa shape index (κ1) is 18.1. The number of aryl methyl sites for hydroxylation is 1. The molecule has 0 radical (unpaired) electrons. The Hall–Kier alpha value is -2.73. The van der Waals surface area contributed by atoms with E-state index in [0.717, 1.165) is 17.1 Å². The standard InChI is InChI=1S/C20H21N3O2S/c1-4-21-18(24)17(19(25)22(5-2)20(21)26)13-16-12-11-14(3)23(16)15-9-7-6-8-10-15/h6-13H,4-5H2,1-3H3. The summed E-state index contributed by atoms with van der Waals surface area (Å²) in [6.07, 6.45) is 1.66. The Bertz CT molecular complexity index is 871. The highest BCUT2D eigenvalue weighted by Gasteiger charge is 2.38. The summed E-state index contributed by atoms with van der Waals surface area (Å²) in [5, 5.41) is 0.275. The quantitative estimate of drug-likeness (QED) is 0.474. The molecule has 0 N–H and O–H groups in total. The molecule has 1 fully saturated rings. The number of hydrogen-bond donors (Lipinski definition) is 0. The summed E-state index contributed by atoms with van der Waals surface area (Å²) in [6.45, 7) is 6.55. The second kappa shape index (κ2) is 7.25. The summed E-state index contributed by atoms with van der Waals surface area (Å²) in [5.41, 5.74) is 2.92. The van der Waals surface area contributed by atoms with Crippen molar-refractivity contribution in [3.05, 3.63) is 59.4 Å². The van der Waals surface area contributed by atoms with Crippen molar-refractivity contribution in [2.24, 2.45) is 0 Å². The fraction of sp³-hybridized carbons (Fsp3) is 0.250. The van der Waals surface area contributed by atoms with Crippen molar-refractivity contribution >= 4 is 35.2 Å². The van der Waals surface area contributed by atoms with E-state index in [9.17, 15) is 9.59 Å². The molecule has 0 aliphatic carbocycles. The van der Waals surface area contributed by atoms with Gasteiger partial charge in [-0.1, -0.05) is 18.2 Å². The highest BCUT2D eigenvalue weighted by atomic mass is 32.1. The van der Waals surface area contributed by atoms with E-state index in [0.29, 0.717) is 13.1 Å². The number of carbonyl (C=O) groups is 2. The Balaban J connectivity index is 2.11. The van der Waals surface area contributed by atoms with Crippen LogP contribution < -0.4 is 0 Å². The fourth-order valence-corrected chi connectivity index (χ4v) is 3.56. The van der Waals surface area contributed by atoms with Crippen molar-refractivity contribution in [1.29, 1.82) is 0 Å². The maximum absolute atomic E-state index is 12.8. The van der Waals surface area contributed by atoms with E-state index in [1.54, 1.807) is 6.08 Å². The molecule has 2 aromatic rings. The normalized spacial score (nSPS) is 15.0. The molecule has 0 bridgehead atoms. The summed E-state index contributed by atoms with van der Waals surface area (Å²) < 4.78 is 2.02. The van der Waals surface area contributed by atoms with E-state index in [1.165, 1.54) is 9.80 Å². The third kappa shape index (κ3) is 2.97. The molecule has 0 unspecified atom stereocenters. The number of hydrogen-bond acceptors (Lipinski definition) is 3. The molecular formula is C20H21N3O2S. The first-order valence-electron chi connectivity index (χ1n) is 8.62. The topological polar surface area (TPSA) is 45.6 Å². The zero-order valence-electron chi connectivity index (χ0n) is 15.1. The first-order chi connectivity index (χ1) is 12.5. The van der Waals surface area contributed by atoms with Crippen LogP contribution in [0.25, 0.3) is 11.8 Å². The molecule has 2 heterocycles. The van der Waals surface area contributed by atoms with Gasteiger partial charge in [0.05, 0.1) is 0 Å². The molecule has 3 rings (SSSR count). The van der Waals surface area contributed by atoms with Gasteiger partial charge in [-0.3, -0.25) is 19.4 Å². The average Bonchev–Trinajstić information content (AvgIpc) is 3.00. The summed E-state index contributed by atoms with van der Waals surface area (Å²) in [7, 11) is 0. The van der Waals surface area contributed by atoms with Crippen molar-refractivity contribution in [1.82, 2.24) is 14.4 Å². The number of nitrogens with zero attached hydrogens (tertiary/aromatic N) is 3. The molecule has 6 heteroatoms. The molecule has 1 saturated heterocycles. The Morgan fingerprint density at radius 1 is 0.923 bits per heavy atom. The van der Waals surface area contributed by atoms with E-state index in [1.807, 2.05) is 67.8 Å². The van der Waals surface area contributed by atoms with Crippen LogP contribution >= 0.6 is 12.2 Å². The van der Waals surface area contributed by atoms with Crippen LogP contribution in [0, 0.1) is 6.92 Å². The van der Waals surface area contributed by atoms with Crippen LogP contribution in [0.3, 0.4) is 0 Å². The summed E-state index contributed by atoms with van der Waals surface area (Å²) in [5.74, 6) is -0.684. The number of carbonyl (C=O) groups excluding carboxylic acids is 2. The Kier molecular flexibility index (Phi) is 5.04. The van der Waals surface area contributed by atoms with Gasteiger partial charge in [-0.2, -0.15) is 0 Å². The van der Waals surface area contributed by atoms with Gasteiger partial charge in [0.15, 0.2) is 5.11 Å². The lowest BCUT2D eigenvalue weighted by molar-refractivity contribution is -0.133. The van der Waals surface area contributed by atoms with E-state index < -0.39 is 0 Å². The molecule has 1 aliphatic rings. The van der Waals surface area contributed by atoms with Crippen LogP contribution in [0.5, 0.6) is 0 Å². The Labute approximate surface area is 158 Å². The minimum Gasteiger partial charge on any atom is -0.314 e. The molecule has 134 valence electrons. The van der Waals surface area contributed by atoms with Crippen molar-refractivity contribution in [3.8, 4) is 5.69 Å². The van der Waals surface area contributed by atoms with Gasteiger partial charge in [0, 0.05) is 30.2 Å². The molecule has 5 nitrogen and oxygen atoms in total. The molecule has 1 aromatic heterocycles. The summed E-state index contributed by atoms with van der Waals surface area (Å²) in [4.78, 5) is 28.6. The molecular weight excluding hydrogens is 346 g/mol. The van der Waals surface area contributed by atoms with Gasteiger partial charge in [-0.05, 0) is 63.3 Å². The van der Waals surface area contributed by atoms with Crippen molar-refractivity contribution < 1.29 is 9.59 Å². The van der Waals surface area contributed by atoms with Gasteiger partial charge < -0.3 is 4.57 Å². The van der Waals surface area contributed by atoms with Crippen molar-refractivity contribution in [3.63, 3.8) is 0 Å². The second-order valence-electron chi connectivity index (χ2n) is 6.01. The predicted octanol–water partition coefficient (Wildman–Crippen LogP) is 3.16. The van der Waals surface area contributed by atoms with Gasteiger partial charge in [-0.15, -0.1) is 0 Å². The number of thiocarbonyl (C=S) groups is 1. The molecule has 0 spiro atoms. The number of likely N-dealkylation sites (N-methyl/N-ethyl adjacent to an activating group) is 2. The largest absolute Gasteiger partial charge is 0.314 e. The number of para-hydroxylation sites is 1. The van der Waals surface area contributed by atoms with Gasteiger partial charge >= 0.3 is 0 Å². The molecule has 1 aromatic carbocycles. The number of aromatic nitrogens is 1. The lowest BCUT2D eigenvalue weighted by Gasteiger charge is -2.35. The third-order valence-corrected chi connectivity index (χ3v) is 4.90. The summed E-state index contributed by atoms with van der Waals surface area (Å²) >= 11 is 5.30. The maximum atomic E-state index is 12.8. The van der Waals surface area contributed by atoms with E-state index in [-0.39, 0.29) is 22.5 Å². The van der Waals surface area contributed by atoms with Gasteiger partial charge in [0.1, 0.15) is 5.57 Å². The SMILES string of the molecule is CCN1C(=O)C(=Cc2ccc(C)n2-c2ccccc2)C(=O)N(CC)C1=S. The van der Waals surface area contributed by atoms with E-state index in [2.05, 4.69) is 0 Å². The minimum atomic E-state index is -0.342. The monoisotopic (exact) mass is 367 g/mol. The van der Waals surface area contributed by atoms with Gasteiger partial charge in [0.2, 0.25) is 0 Å². The predicted molar refractivity (Wildman–Crippen MR) is 106 cm³/mol. The molecule has 0 atom stereocenters. The lowest BCUT2D eigenvalue weighted by Crippen LogP contribution is -2.55. The molecule has 0 saturated carbocycles. The van der Waals surface area contributed by atoms with Gasteiger partial charge in [-0.25, -0.2) is 0 Å². The van der Waals surface area contributed by atoms with Crippen LogP contribution in [0.2, 0.25) is 0 Å². The minimum absolute atomic E-state index is 0.137. The van der Waals surface area contributed by atoms with Crippen LogP contribution in [-0.4, -0.2) is 44.4 Å². The fourth-order valence-electron chi connectivity index (χ4n) is 3.13. The molecule has 1 aliphatic heterocycles. The van der Waals surface area contributed by atoms with Crippen molar-refractivity contribution in [2.45, 2.75) is 20.8 Å². The Morgan fingerprint density at radius 2 is 1.50 bits per heavy atom. The van der Waals surface area contributed by atoms with Crippen LogP contribution in [-0.2, 0) is 9.59 Å². The average molecular weight is 367 g/mol. The maximum Gasteiger partial charge on any atom is 0.265 e. The van der Waals surface area contributed by atoms with Crippen LogP contribution in [0.1, 0.15) is 25.2 Å². The number of amides is 2.